The summed E-state index contributed by atoms with van der Waals surface area (Å²) in [5, 5.41) is 21.1. The van der Waals surface area contributed by atoms with Gasteiger partial charge in [-0.05, 0) is 78.9 Å². The molecule has 1 unspecified atom stereocenters. The predicted octanol–water partition coefficient (Wildman–Crippen LogP) is 4.17. The first-order chi connectivity index (χ1) is 14.1. The number of ether oxygens (including phenoxy) is 2. The fraction of sp³-hybridized carbons (Fsp3) is 0.880. The smallest absolute Gasteiger partial charge is 0.333 e. The molecular weight excluding hydrogens is 380 g/mol. The maximum Gasteiger partial charge on any atom is 0.333 e. The van der Waals surface area contributed by atoms with E-state index in [0.29, 0.717) is 28.2 Å². The Kier molecular flexibility index (Phi) is 4.75. The molecule has 1 saturated heterocycles. The van der Waals surface area contributed by atoms with Crippen molar-refractivity contribution >= 4 is 5.97 Å². The number of esters is 1. The minimum Gasteiger partial charge on any atom is -0.429 e. The van der Waals surface area contributed by atoms with E-state index in [1.807, 2.05) is 0 Å². The Hall–Kier alpha value is -0.910. The summed E-state index contributed by atoms with van der Waals surface area (Å²) in [5.41, 5.74) is 1.38. The number of carbonyl (C=O) groups is 1. The molecule has 0 amide bonds. The predicted molar refractivity (Wildman–Crippen MR) is 112 cm³/mol. The topological polar surface area (TPSA) is 76.0 Å². The number of rotatable bonds is 1. The van der Waals surface area contributed by atoms with Crippen molar-refractivity contribution in [3.8, 4) is 0 Å². The van der Waals surface area contributed by atoms with Crippen LogP contribution in [-0.2, 0) is 14.3 Å². The summed E-state index contributed by atoms with van der Waals surface area (Å²) in [6.45, 7) is 9.98. The molecule has 0 aromatic carbocycles. The van der Waals surface area contributed by atoms with Crippen LogP contribution in [-0.4, -0.2) is 34.9 Å². The van der Waals surface area contributed by atoms with Crippen molar-refractivity contribution < 1.29 is 24.5 Å². The second kappa shape index (κ2) is 6.79. The van der Waals surface area contributed by atoms with E-state index in [0.717, 1.165) is 18.8 Å². The molecule has 0 bridgehead atoms. The first-order valence-electron chi connectivity index (χ1n) is 12.0. The molecule has 3 aliphatic carbocycles. The number of aliphatic hydroxyl groups excluding tert-OH is 2. The summed E-state index contributed by atoms with van der Waals surface area (Å²) in [6.07, 6.45) is 8.13. The lowest BCUT2D eigenvalue weighted by molar-refractivity contribution is -0.263. The molecule has 0 radical (unpaired) electrons. The van der Waals surface area contributed by atoms with Gasteiger partial charge in [-0.1, -0.05) is 34.1 Å². The van der Waals surface area contributed by atoms with Gasteiger partial charge >= 0.3 is 5.97 Å². The van der Waals surface area contributed by atoms with Gasteiger partial charge in [-0.25, -0.2) is 4.79 Å². The van der Waals surface area contributed by atoms with Crippen LogP contribution in [0, 0.1) is 39.9 Å². The number of carbonyl (C=O) groups excluding carboxylic acids is 1. The molecule has 5 aliphatic rings. The van der Waals surface area contributed by atoms with Gasteiger partial charge in [0.2, 0.25) is 6.29 Å². The highest BCUT2D eigenvalue weighted by atomic mass is 16.6. The van der Waals surface area contributed by atoms with E-state index in [4.69, 9.17) is 9.47 Å². The van der Waals surface area contributed by atoms with E-state index in [2.05, 4.69) is 27.7 Å². The van der Waals surface area contributed by atoms with Crippen LogP contribution < -0.4 is 0 Å². The molecule has 0 aromatic rings. The molecule has 2 heterocycles. The monoisotopic (exact) mass is 418 g/mol. The summed E-state index contributed by atoms with van der Waals surface area (Å²) < 4.78 is 10.8. The zero-order valence-electron chi connectivity index (χ0n) is 18.9. The van der Waals surface area contributed by atoms with Crippen LogP contribution >= 0.6 is 0 Å². The highest BCUT2D eigenvalue weighted by Gasteiger charge is 2.63. The molecule has 4 fully saturated rings. The quantitative estimate of drug-likeness (QED) is 0.625. The SMILES string of the molecule is CC1(C)CCC[C@]2(C)[C@H]3CC[C@@H]4[C@H](O)O[C@@H](C5=CC(=O)OC5O)C[C@H]4[C@]3(C)CC[C@@H]12. The summed E-state index contributed by atoms with van der Waals surface area (Å²) in [6, 6.07) is 0. The van der Waals surface area contributed by atoms with Crippen molar-refractivity contribution in [2.45, 2.75) is 97.7 Å². The minimum atomic E-state index is -1.24. The number of cyclic esters (lactones) is 1. The van der Waals surface area contributed by atoms with Crippen molar-refractivity contribution in [2.24, 2.45) is 39.9 Å². The van der Waals surface area contributed by atoms with Crippen molar-refractivity contribution in [2.75, 3.05) is 0 Å². The molecule has 0 spiro atoms. The van der Waals surface area contributed by atoms with Gasteiger partial charge in [0.15, 0.2) is 6.29 Å². The number of hydrogen-bond donors (Lipinski definition) is 2. The van der Waals surface area contributed by atoms with Gasteiger partial charge in [-0.15, -0.1) is 0 Å². The molecule has 5 rings (SSSR count). The van der Waals surface area contributed by atoms with Crippen LogP contribution in [0.15, 0.2) is 11.6 Å². The molecule has 30 heavy (non-hydrogen) atoms. The minimum absolute atomic E-state index is 0.134. The third kappa shape index (κ3) is 2.87. The summed E-state index contributed by atoms with van der Waals surface area (Å²) in [5.74, 6) is 1.35. The largest absolute Gasteiger partial charge is 0.429 e. The van der Waals surface area contributed by atoms with Gasteiger partial charge in [-0.2, -0.15) is 0 Å². The second-order valence-corrected chi connectivity index (χ2v) is 12.0. The lowest BCUT2D eigenvalue weighted by atomic mass is 9.38. The van der Waals surface area contributed by atoms with Crippen LogP contribution in [0.5, 0.6) is 0 Å². The number of fused-ring (bicyclic) bond motifs is 5. The fourth-order valence-corrected chi connectivity index (χ4v) is 9.07. The summed E-state index contributed by atoms with van der Waals surface area (Å²) >= 11 is 0. The fourth-order valence-electron chi connectivity index (χ4n) is 9.07. The van der Waals surface area contributed by atoms with Gasteiger partial charge in [0.05, 0.1) is 6.10 Å². The van der Waals surface area contributed by atoms with Crippen LogP contribution in [0.25, 0.3) is 0 Å². The molecule has 168 valence electrons. The summed E-state index contributed by atoms with van der Waals surface area (Å²) in [7, 11) is 0. The molecule has 9 atom stereocenters. The highest BCUT2D eigenvalue weighted by molar-refractivity contribution is 5.85. The Balaban J connectivity index is 1.47. The number of aliphatic hydroxyl groups is 2. The molecule has 2 aliphatic heterocycles. The maximum atomic E-state index is 11.6. The van der Waals surface area contributed by atoms with E-state index < -0.39 is 24.7 Å². The Bertz CT molecular complexity index is 759. The van der Waals surface area contributed by atoms with Gasteiger partial charge in [0.25, 0.3) is 0 Å². The van der Waals surface area contributed by atoms with E-state index in [1.54, 1.807) is 0 Å². The average molecular weight is 419 g/mol. The van der Waals surface area contributed by atoms with Crippen LogP contribution in [0.4, 0.5) is 0 Å². The zero-order chi connectivity index (χ0) is 21.5. The van der Waals surface area contributed by atoms with Crippen LogP contribution in [0.1, 0.15) is 79.1 Å². The standard InChI is InChI=1S/C25H38O5/c1-23(2)9-5-10-25(4)18(23)8-11-24(3)16-13-17(15-12-20(26)30-22(15)28)29-21(27)14(16)6-7-19(24)25/h12,14,16-19,21-22,27-28H,5-11,13H2,1-4H3/t14-,16+,17+,18-,19-,21+,22?,24-,25-/m0/s1. The average Bonchev–Trinajstić information content (AvgIpc) is 2.99. The normalized spacial score (nSPS) is 52.5. The highest BCUT2D eigenvalue weighted by Crippen LogP contribution is 2.70. The molecular formula is C25H38O5. The third-order valence-electron chi connectivity index (χ3n) is 10.3. The van der Waals surface area contributed by atoms with Crippen molar-refractivity contribution in [3.63, 3.8) is 0 Å². The summed E-state index contributed by atoms with van der Waals surface area (Å²) in [4.78, 5) is 11.6. The van der Waals surface area contributed by atoms with Gasteiger partial charge < -0.3 is 19.7 Å². The zero-order valence-corrected chi connectivity index (χ0v) is 18.9. The lowest BCUT2D eigenvalue weighted by Crippen LogP contribution is -2.62. The third-order valence-corrected chi connectivity index (χ3v) is 10.3. The van der Waals surface area contributed by atoms with E-state index in [-0.39, 0.29) is 11.3 Å². The van der Waals surface area contributed by atoms with E-state index >= 15 is 0 Å². The molecule has 3 saturated carbocycles. The Labute approximate surface area is 180 Å². The molecule has 2 N–H and O–H groups in total. The van der Waals surface area contributed by atoms with E-state index in [9.17, 15) is 15.0 Å². The van der Waals surface area contributed by atoms with Crippen LogP contribution in [0.3, 0.4) is 0 Å². The first-order valence-corrected chi connectivity index (χ1v) is 12.0. The van der Waals surface area contributed by atoms with Crippen molar-refractivity contribution in [3.05, 3.63) is 11.6 Å². The molecule has 5 heteroatoms. The Morgan fingerprint density at radius 2 is 1.73 bits per heavy atom. The van der Waals surface area contributed by atoms with Crippen molar-refractivity contribution in [1.82, 2.24) is 0 Å². The van der Waals surface area contributed by atoms with Gasteiger partial charge in [0.1, 0.15) is 0 Å². The van der Waals surface area contributed by atoms with Gasteiger partial charge in [-0.3, -0.25) is 0 Å². The maximum absolute atomic E-state index is 11.6. The van der Waals surface area contributed by atoms with Crippen molar-refractivity contribution in [1.29, 1.82) is 0 Å². The Morgan fingerprint density at radius 3 is 2.43 bits per heavy atom. The molecule has 0 aromatic heterocycles. The Morgan fingerprint density at radius 1 is 0.967 bits per heavy atom. The number of hydrogen-bond acceptors (Lipinski definition) is 5. The first kappa shape index (κ1) is 21.0. The lowest BCUT2D eigenvalue weighted by Gasteiger charge is -2.67. The van der Waals surface area contributed by atoms with Crippen LogP contribution in [0.2, 0.25) is 0 Å². The van der Waals surface area contributed by atoms with E-state index in [1.165, 1.54) is 44.6 Å². The molecule has 5 nitrogen and oxygen atoms in total. The second-order valence-electron chi connectivity index (χ2n) is 12.0. The van der Waals surface area contributed by atoms with Gasteiger partial charge in [0, 0.05) is 17.6 Å².